The summed E-state index contributed by atoms with van der Waals surface area (Å²) in [6.45, 7) is 9.58. The van der Waals surface area contributed by atoms with E-state index >= 15 is 0 Å². The predicted molar refractivity (Wildman–Crippen MR) is 395 cm³/mol. The largest absolute Gasteiger partial charge is 0.472 e. The van der Waals surface area contributed by atoms with Crippen molar-refractivity contribution in [2.75, 3.05) is 39.6 Å². The maximum absolute atomic E-state index is 13.1. The van der Waals surface area contributed by atoms with Crippen molar-refractivity contribution in [3.63, 3.8) is 0 Å². The van der Waals surface area contributed by atoms with E-state index in [0.29, 0.717) is 25.7 Å². The Morgan fingerprint density at radius 3 is 0.784 bits per heavy atom. The lowest BCUT2D eigenvalue weighted by Gasteiger charge is -2.21. The lowest BCUT2D eigenvalue weighted by atomic mass is 10.00. The Kier molecular flexibility index (Phi) is 68.4. The highest BCUT2D eigenvalue weighted by molar-refractivity contribution is 7.47. The molecule has 0 aromatic rings. The van der Waals surface area contributed by atoms with Gasteiger partial charge < -0.3 is 33.8 Å². The summed E-state index contributed by atoms with van der Waals surface area (Å²) < 4.78 is 68.6. The molecule has 0 spiro atoms. The van der Waals surface area contributed by atoms with Crippen molar-refractivity contribution < 1.29 is 80.2 Å². The zero-order valence-electron chi connectivity index (χ0n) is 63.4. The molecule has 0 fully saturated rings. The first kappa shape index (κ1) is 95.1. The first-order chi connectivity index (χ1) is 46.9. The molecule has 576 valence electrons. The summed E-state index contributed by atoms with van der Waals surface area (Å²) in [6, 6.07) is 0. The second-order valence-electron chi connectivity index (χ2n) is 28.8. The number of carbonyl (C=O) groups excluding carboxylic acids is 4. The molecular weight excluding hydrogens is 1270 g/mol. The molecule has 0 aromatic heterocycles. The maximum atomic E-state index is 13.1. The van der Waals surface area contributed by atoms with Crippen LogP contribution in [0.5, 0.6) is 0 Å². The molecule has 0 bridgehead atoms. The van der Waals surface area contributed by atoms with Gasteiger partial charge in [-0.1, -0.05) is 356 Å². The molecular formula is C78H152O17P2. The zero-order chi connectivity index (χ0) is 71.4. The Bertz CT molecular complexity index is 1870. The van der Waals surface area contributed by atoms with E-state index in [-0.39, 0.29) is 25.7 Å². The topological polar surface area (TPSA) is 237 Å². The van der Waals surface area contributed by atoms with Gasteiger partial charge in [-0.25, -0.2) is 9.13 Å². The second-order valence-corrected chi connectivity index (χ2v) is 31.7. The molecule has 3 N–H and O–H groups in total. The summed E-state index contributed by atoms with van der Waals surface area (Å²) in [5.41, 5.74) is 0. The number of unbranched alkanes of at least 4 members (excludes halogenated alkanes) is 46. The Morgan fingerprint density at radius 1 is 0.299 bits per heavy atom. The van der Waals surface area contributed by atoms with Crippen LogP contribution in [0.1, 0.15) is 408 Å². The van der Waals surface area contributed by atoms with Gasteiger partial charge in [-0.15, -0.1) is 0 Å². The fourth-order valence-electron chi connectivity index (χ4n) is 12.0. The standard InChI is InChI=1S/C78H152O17P2/c1-7-10-12-14-16-18-20-21-22-23-24-25-26-27-30-35-39-43-51-57-63-78(83)94-73(66-88-75(80)60-54-48-41-37-34-31-28-29-33-36-40-46-52-58-70(4)5)68-92-96(84,85)90-64-72(79)65-91-97(86,87)93-69-74(67-89-76(81)61-55-49-45-44-47-53-59-71(6)9-3)95-77(82)62-56-50-42-38-32-19-17-15-13-11-8-2/h70-74,79H,7-69H2,1-6H3,(H,84,85)(H,86,87)/t71?,72-,73-,74-/m1/s1. The maximum Gasteiger partial charge on any atom is 0.472 e. The van der Waals surface area contributed by atoms with Crippen LogP contribution in [0.2, 0.25) is 0 Å². The van der Waals surface area contributed by atoms with E-state index < -0.39 is 97.5 Å². The van der Waals surface area contributed by atoms with Crippen LogP contribution in [-0.2, 0) is 65.4 Å². The molecule has 3 unspecified atom stereocenters. The summed E-state index contributed by atoms with van der Waals surface area (Å²) in [7, 11) is -9.91. The number of carbonyl (C=O) groups is 4. The number of hydrogen-bond donors (Lipinski definition) is 3. The van der Waals surface area contributed by atoms with Crippen molar-refractivity contribution in [2.45, 2.75) is 426 Å². The number of rotatable bonds is 77. The fourth-order valence-corrected chi connectivity index (χ4v) is 13.6. The third kappa shape index (κ3) is 70.9. The van der Waals surface area contributed by atoms with Gasteiger partial charge in [0.15, 0.2) is 12.2 Å². The number of aliphatic hydroxyl groups excluding tert-OH is 1. The van der Waals surface area contributed by atoms with E-state index in [1.807, 2.05) is 0 Å². The van der Waals surface area contributed by atoms with Crippen molar-refractivity contribution in [3.8, 4) is 0 Å². The monoisotopic (exact) mass is 1420 g/mol. The third-order valence-electron chi connectivity index (χ3n) is 18.6. The molecule has 0 saturated heterocycles. The van der Waals surface area contributed by atoms with E-state index in [1.54, 1.807) is 0 Å². The van der Waals surface area contributed by atoms with Crippen molar-refractivity contribution in [2.24, 2.45) is 11.8 Å². The average Bonchev–Trinajstić information content (AvgIpc) is 1.18. The highest BCUT2D eigenvalue weighted by Crippen LogP contribution is 2.45. The first-order valence-corrected chi connectivity index (χ1v) is 43.5. The van der Waals surface area contributed by atoms with Crippen LogP contribution in [0, 0.1) is 11.8 Å². The summed E-state index contributed by atoms with van der Waals surface area (Å²) in [4.78, 5) is 72.8. The van der Waals surface area contributed by atoms with E-state index in [4.69, 9.17) is 37.0 Å². The second kappa shape index (κ2) is 69.8. The van der Waals surface area contributed by atoms with Crippen LogP contribution >= 0.6 is 15.6 Å². The highest BCUT2D eigenvalue weighted by Gasteiger charge is 2.30. The summed E-state index contributed by atoms with van der Waals surface area (Å²) >= 11 is 0. The third-order valence-corrected chi connectivity index (χ3v) is 20.5. The summed E-state index contributed by atoms with van der Waals surface area (Å²) in [5.74, 6) is -0.592. The molecule has 19 heteroatoms. The van der Waals surface area contributed by atoms with Crippen LogP contribution in [-0.4, -0.2) is 96.7 Å². The molecule has 6 atom stereocenters. The number of ether oxygens (including phenoxy) is 4. The van der Waals surface area contributed by atoms with Gasteiger partial charge in [0.2, 0.25) is 0 Å². The SMILES string of the molecule is CCCCCCCCCCCCCCCCCCCCCCC(=O)O[C@H](COC(=O)CCCCCCCCCCCCCCCC(C)C)COP(=O)(O)OC[C@@H](O)COP(=O)(O)OC[C@@H](COC(=O)CCCCCCCCC(C)CC)OC(=O)CCCCCCCCCCCCC. The molecule has 0 amide bonds. The predicted octanol–water partition coefficient (Wildman–Crippen LogP) is 23.1. The van der Waals surface area contributed by atoms with Crippen LogP contribution in [0.25, 0.3) is 0 Å². The van der Waals surface area contributed by atoms with E-state index in [2.05, 4.69) is 41.5 Å². The minimum Gasteiger partial charge on any atom is -0.462 e. The summed E-state index contributed by atoms with van der Waals surface area (Å²) in [5, 5.41) is 10.6. The minimum atomic E-state index is -4.96. The molecule has 97 heavy (non-hydrogen) atoms. The van der Waals surface area contributed by atoms with Crippen LogP contribution in [0.15, 0.2) is 0 Å². The van der Waals surface area contributed by atoms with Gasteiger partial charge in [0.25, 0.3) is 0 Å². The fraction of sp³-hybridized carbons (Fsp3) is 0.949. The van der Waals surface area contributed by atoms with Crippen LogP contribution in [0.3, 0.4) is 0 Å². The number of aliphatic hydroxyl groups is 1. The average molecular weight is 1420 g/mol. The highest BCUT2D eigenvalue weighted by atomic mass is 31.2. The Hall–Kier alpha value is -1.94. The first-order valence-electron chi connectivity index (χ1n) is 40.5. The molecule has 0 aromatic carbocycles. The zero-order valence-corrected chi connectivity index (χ0v) is 65.2. The van der Waals surface area contributed by atoms with Crippen molar-refractivity contribution in [1.29, 1.82) is 0 Å². The smallest absolute Gasteiger partial charge is 0.462 e. The van der Waals surface area contributed by atoms with E-state index in [1.165, 1.54) is 218 Å². The molecule has 0 radical (unpaired) electrons. The molecule has 0 saturated carbocycles. The lowest BCUT2D eigenvalue weighted by Crippen LogP contribution is -2.30. The number of hydrogen-bond acceptors (Lipinski definition) is 15. The van der Waals surface area contributed by atoms with Crippen LogP contribution in [0.4, 0.5) is 0 Å². The van der Waals surface area contributed by atoms with E-state index in [9.17, 15) is 43.2 Å². The molecule has 17 nitrogen and oxygen atoms in total. The minimum absolute atomic E-state index is 0.106. The van der Waals surface area contributed by atoms with E-state index in [0.717, 1.165) is 108 Å². The number of esters is 4. The molecule has 0 heterocycles. The molecule has 0 aliphatic heterocycles. The van der Waals surface area contributed by atoms with Gasteiger partial charge in [0.05, 0.1) is 26.4 Å². The van der Waals surface area contributed by atoms with Gasteiger partial charge >= 0.3 is 39.5 Å². The molecule has 0 rings (SSSR count). The van der Waals surface area contributed by atoms with Crippen molar-refractivity contribution in [3.05, 3.63) is 0 Å². The van der Waals surface area contributed by atoms with Gasteiger partial charge in [-0.3, -0.25) is 37.3 Å². The Morgan fingerprint density at radius 2 is 0.526 bits per heavy atom. The molecule has 0 aliphatic rings. The normalized spacial score (nSPS) is 14.2. The van der Waals surface area contributed by atoms with Gasteiger partial charge in [0.1, 0.15) is 19.3 Å². The van der Waals surface area contributed by atoms with Crippen LogP contribution < -0.4 is 0 Å². The number of phosphoric ester groups is 2. The van der Waals surface area contributed by atoms with Gasteiger partial charge in [0, 0.05) is 25.7 Å². The van der Waals surface area contributed by atoms with Crippen molar-refractivity contribution >= 4 is 39.5 Å². The Labute approximate surface area is 594 Å². The summed E-state index contributed by atoms with van der Waals surface area (Å²) in [6.07, 6.45) is 58.3. The van der Waals surface area contributed by atoms with Crippen molar-refractivity contribution in [1.82, 2.24) is 0 Å². The number of phosphoric acid groups is 2. The van der Waals surface area contributed by atoms with Gasteiger partial charge in [-0.05, 0) is 37.5 Å². The van der Waals surface area contributed by atoms with Gasteiger partial charge in [-0.2, -0.15) is 0 Å². The lowest BCUT2D eigenvalue weighted by molar-refractivity contribution is -0.161. The Balaban J connectivity index is 5.22. The molecule has 0 aliphatic carbocycles. The quantitative estimate of drug-likeness (QED) is 0.0222.